The van der Waals surface area contributed by atoms with Crippen LogP contribution in [0.25, 0.3) is 0 Å². The molecule has 0 spiro atoms. The summed E-state index contributed by atoms with van der Waals surface area (Å²) in [5.41, 5.74) is 5.55. The lowest BCUT2D eigenvalue weighted by Crippen LogP contribution is -2.30. The molecule has 4 nitrogen and oxygen atoms in total. The molecule has 0 amide bonds. The van der Waals surface area contributed by atoms with Crippen LogP contribution in [-0.2, 0) is 9.53 Å². The number of hydrazine groups is 1. The van der Waals surface area contributed by atoms with E-state index in [1.807, 2.05) is 13.8 Å². The summed E-state index contributed by atoms with van der Waals surface area (Å²) in [6.45, 7) is 5.14. The Hall–Kier alpha value is -0.610. The van der Waals surface area contributed by atoms with Crippen molar-refractivity contribution in [2.24, 2.45) is 5.92 Å². The molecule has 0 atom stereocenters. The van der Waals surface area contributed by atoms with Crippen LogP contribution in [0.3, 0.4) is 0 Å². The van der Waals surface area contributed by atoms with E-state index in [2.05, 4.69) is 10.9 Å². The second-order valence-corrected chi connectivity index (χ2v) is 3.00. The Labute approximate surface area is 73.6 Å². The fourth-order valence-electron chi connectivity index (χ4n) is 0.621. The van der Waals surface area contributed by atoms with Crippen molar-refractivity contribution in [1.29, 1.82) is 0 Å². The van der Waals surface area contributed by atoms with Crippen molar-refractivity contribution in [3.05, 3.63) is 0 Å². The third-order valence-electron chi connectivity index (χ3n) is 1.21. The van der Waals surface area contributed by atoms with Gasteiger partial charge in [-0.3, -0.25) is 15.6 Å². The van der Waals surface area contributed by atoms with Crippen LogP contribution in [0.1, 0.15) is 20.3 Å². The Balaban J connectivity index is 3.22. The Bertz CT molecular complexity index is 126. The van der Waals surface area contributed by atoms with Crippen LogP contribution in [0.4, 0.5) is 0 Å². The van der Waals surface area contributed by atoms with Gasteiger partial charge in [0.1, 0.15) is 0 Å². The Morgan fingerprint density at radius 3 is 2.67 bits per heavy atom. The van der Waals surface area contributed by atoms with E-state index in [0.717, 1.165) is 0 Å². The van der Waals surface area contributed by atoms with Gasteiger partial charge in [-0.15, -0.1) is 0 Å². The predicted octanol–water partition coefficient (Wildman–Crippen LogP) is 0.300. The lowest BCUT2D eigenvalue weighted by atomic mass is 10.2. The molecule has 0 aromatic heterocycles. The number of carbonyl (C=O) groups excluding carboxylic acids is 1. The van der Waals surface area contributed by atoms with Crippen LogP contribution in [0, 0.1) is 5.92 Å². The lowest BCUT2D eigenvalue weighted by Gasteiger charge is -2.06. The maximum absolute atomic E-state index is 10.9. The van der Waals surface area contributed by atoms with E-state index in [0.29, 0.717) is 25.5 Å². The Morgan fingerprint density at radius 1 is 1.50 bits per heavy atom. The largest absolute Gasteiger partial charge is 0.465 e. The van der Waals surface area contributed by atoms with Crippen molar-refractivity contribution in [2.75, 3.05) is 20.2 Å². The van der Waals surface area contributed by atoms with Crippen molar-refractivity contribution >= 4 is 5.97 Å². The number of hydrogen-bond acceptors (Lipinski definition) is 4. The van der Waals surface area contributed by atoms with E-state index < -0.39 is 0 Å². The minimum Gasteiger partial charge on any atom is -0.465 e. The number of nitrogens with one attached hydrogen (secondary N) is 2. The van der Waals surface area contributed by atoms with Crippen molar-refractivity contribution in [2.45, 2.75) is 20.3 Å². The van der Waals surface area contributed by atoms with Crippen LogP contribution in [-0.4, -0.2) is 26.2 Å². The second kappa shape index (κ2) is 7.06. The molecule has 4 heteroatoms. The third kappa shape index (κ3) is 7.50. The molecular weight excluding hydrogens is 156 g/mol. The summed E-state index contributed by atoms with van der Waals surface area (Å²) >= 11 is 0. The normalized spacial score (nSPS) is 10.3. The van der Waals surface area contributed by atoms with Crippen LogP contribution >= 0.6 is 0 Å². The van der Waals surface area contributed by atoms with Gasteiger partial charge in [0.15, 0.2) is 0 Å². The topological polar surface area (TPSA) is 50.4 Å². The van der Waals surface area contributed by atoms with Gasteiger partial charge in [-0.2, -0.15) is 0 Å². The van der Waals surface area contributed by atoms with Crippen LogP contribution in [0.2, 0.25) is 0 Å². The summed E-state index contributed by atoms with van der Waals surface area (Å²) in [7, 11) is 1.76. The highest BCUT2D eigenvalue weighted by molar-refractivity contribution is 5.69. The van der Waals surface area contributed by atoms with Crippen LogP contribution < -0.4 is 10.9 Å². The highest BCUT2D eigenvalue weighted by Gasteiger charge is 2.02. The standard InChI is InChI=1S/C8H18N2O2/c1-7(2)6-12-8(11)4-5-10-9-3/h7,9-10H,4-6H2,1-3H3. The van der Waals surface area contributed by atoms with E-state index >= 15 is 0 Å². The van der Waals surface area contributed by atoms with Gasteiger partial charge >= 0.3 is 5.97 Å². The minimum atomic E-state index is -0.147. The molecular formula is C8H18N2O2. The van der Waals surface area contributed by atoms with Crippen molar-refractivity contribution in [3.8, 4) is 0 Å². The summed E-state index contributed by atoms with van der Waals surface area (Å²) < 4.78 is 4.94. The zero-order valence-electron chi connectivity index (χ0n) is 8.02. The Morgan fingerprint density at radius 2 is 2.17 bits per heavy atom. The Kier molecular flexibility index (Phi) is 6.70. The number of esters is 1. The fraction of sp³-hybridized carbons (Fsp3) is 0.875. The van der Waals surface area contributed by atoms with Gasteiger partial charge in [-0.05, 0) is 13.0 Å². The summed E-state index contributed by atoms with van der Waals surface area (Å²) in [6, 6.07) is 0. The van der Waals surface area contributed by atoms with Crippen molar-refractivity contribution in [1.82, 2.24) is 10.9 Å². The van der Waals surface area contributed by atoms with Crippen molar-refractivity contribution in [3.63, 3.8) is 0 Å². The summed E-state index contributed by atoms with van der Waals surface area (Å²) in [5.74, 6) is 0.262. The molecule has 0 saturated heterocycles. The molecule has 72 valence electrons. The molecule has 0 unspecified atom stereocenters. The zero-order valence-corrected chi connectivity index (χ0v) is 8.02. The molecule has 0 aliphatic rings. The molecule has 0 fully saturated rings. The molecule has 0 aliphatic heterocycles. The van der Waals surface area contributed by atoms with Gasteiger partial charge in [-0.1, -0.05) is 13.8 Å². The van der Waals surface area contributed by atoms with E-state index in [1.54, 1.807) is 7.05 Å². The summed E-state index contributed by atoms with van der Waals surface area (Å²) in [5, 5.41) is 0. The predicted molar refractivity (Wildman–Crippen MR) is 47.5 cm³/mol. The molecule has 0 aromatic rings. The van der Waals surface area contributed by atoms with E-state index in [9.17, 15) is 4.79 Å². The highest BCUT2D eigenvalue weighted by atomic mass is 16.5. The van der Waals surface area contributed by atoms with Gasteiger partial charge < -0.3 is 4.74 Å². The molecule has 0 saturated carbocycles. The van der Waals surface area contributed by atoms with Gasteiger partial charge in [-0.25, -0.2) is 0 Å². The molecule has 0 aromatic carbocycles. The molecule has 0 bridgehead atoms. The average Bonchev–Trinajstić information content (AvgIpc) is 2.01. The first-order chi connectivity index (χ1) is 5.66. The van der Waals surface area contributed by atoms with Gasteiger partial charge in [0.05, 0.1) is 13.0 Å². The SMILES string of the molecule is CNNCCC(=O)OCC(C)C. The van der Waals surface area contributed by atoms with E-state index in [-0.39, 0.29) is 5.97 Å². The molecule has 12 heavy (non-hydrogen) atoms. The average molecular weight is 174 g/mol. The molecule has 0 radical (unpaired) electrons. The maximum Gasteiger partial charge on any atom is 0.307 e. The number of hydrogen-bond donors (Lipinski definition) is 2. The van der Waals surface area contributed by atoms with Gasteiger partial charge in [0.2, 0.25) is 0 Å². The van der Waals surface area contributed by atoms with Gasteiger partial charge in [0.25, 0.3) is 0 Å². The monoisotopic (exact) mass is 174 g/mol. The second-order valence-electron chi connectivity index (χ2n) is 3.00. The first-order valence-electron chi connectivity index (χ1n) is 4.22. The van der Waals surface area contributed by atoms with E-state index in [1.165, 1.54) is 0 Å². The number of ether oxygens (including phenoxy) is 1. The number of carbonyl (C=O) groups is 1. The zero-order chi connectivity index (χ0) is 9.40. The third-order valence-corrected chi connectivity index (χ3v) is 1.21. The smallest absolute Gasteiger partial charge is 0.307 e. The van der Waals surface area contributed by atoms with Crippen LogP contribution in [0.15, 0.2) is 0 Å². The number of rotatable bonds is 6. The molecule has 0 aliphatic carbocycles. The molecule has 0 heterocycles. The van der Waals surface area contributed by atoms with Crippen LogP contribution in [0.5, 0.6) is 0 Å². The maximum atomic E-state index is 10.9. The van der Waals surface area contributed by atoms with Gasteiger partial charge in [0, 0.05) is 6.54 Å². The quantitative estimate of drug-likeness (QED) is 0.345. The summed E-state index contributed by atoms with van der Waals surface area (Å²) in [6.07, 6.45) is 0.410. The molecule has 2 N–H and O–H groups in total. The minimum absolute atomic E-state index is 0.147. The first kappa shape index (κ1) is 11.4. The molecule has 0 rings (SSSR count). The summed E-state index contributed by atoms with van der Waals surface area (Å²) in [4.78, 5) is 10.9. The fourth-order valence-corrected chi connectivity index (χ4v) is 0.621. The lowest BCUT2D eigenvalue weighted by molar-refractivity contribution is -0.144. The first-order valence-corrected chi connectivity index (χ1v) is 4.22. The highest BCUT2D eigenvalue weighted by Crippen LogP contribution is 1.94. The van der Waals surface area contributed by atoms with E-state index in [4.69, 9.17) is 4.74 Å². The van der Waals surface area contributed by atoms with Crippen molar-refractivity contribution < 1.29 is 9.53 Å².